The SMILES string of the molecule is Cl.[NH2-].[Pd].[c-]1ccccc1.[c-]1ccccc1. The summed E-state index contributed by atoms with van der Waals surface area (Å²) in [6.07, 6.45) is 0. The second kappa shape index (κ2) is 15.8. The van der Waals surface area contributed by atoms with E-state index in [1.54, 1.807) is 0 Å². The van der Waals surface area contributed by atoms with Gasteiger partial charge in [0.2, 0.25) is 0 Å². The molecule has 0 heterocycles. The second-order valence-electron chi connectivity index (χ2n) is 2.15. The van der Waals surface area contributed by atoms with Crippen LogP contribution in [-0.4, -0.2) is 0 Å². The summed E-state index contributed by atoms with van der Waals surface area (Å²) >= 11 is 0. The molecule has 0 aliphatic carbocycles. The Balaban J connectivity index is -0.000000160. The summed E-state index contributed by atoms with van der Waals surface area (Å²) in [6.45, 7) is 0. The standard InChI is InChI=1S/2C6H5.ClH.H2N.Pd/c2*1-2-4-6-5-3-1;;;/h2*1-5H;1H;1H2;/q2*-1;;-1;. The maximum Gasteiger partial charge on any atom is 0 e. The number of hydrogen-bond donors (Lipinski definition) is 0. The van der Waals surface area contributed by atoms with Crippen molar-refractivity contribution in [2.45, 2.75) is 0 Å². The van der Waals surface area contributed by atoms with Crippen molar-refractivity contribution in [1.82, 2.24) is 0 Å². The maximum atomic E-state index is 2.89. The van der Waals surface area contributed by atoms with Gasteiger partial charge in [0, 0.05) is 20.4 Å². The normalized spacial score (nSPS) is 6.40. The van der Waals surface area contributed by atoms with E-state index < -0.39 is 0 Å². The first-order chi connectivity index (χ1) is 6.00. The monoisotopic (exact) mass is 312 g/mol. The molecule has 3 heteroatoms. The van der Waals surface area contributed by atoms with Gasteiger partial charge in [0.15, 0.2) is 0 Å². The molecule has 0 radical (unpaired) electrons. The minimum atomic E-state index is 0. The Labute approximate surface area is 112 Å². The number of benzene rings is 2. The summed E-state index contributed by atoms with van der Waals surface area (Å²) in [7, 11) is 0. The van der Waals surface area contributed by atoms with Crippen LogP contribution in [0.2, 0.25) is 0 Å². The van der Waals surface area contributed by atoms with Crippen LogP contribution in [0.5, 0.6) is 0 Å². The molecule has 0 amide bonds. The van der Waals surface area contributed by atoms with E-state index in [0.29, 0.717) is 0 Å². The summed E-state index contributed by atoms with van der Waals surface area (Å²) in [5.74, 6) is 0. The van der Waals surface area contributed by atoms with Gasteiger partial charge in [0.05, 0.1) is 0 Å². The maximum absolute atomic E-state index is 2.89. The zero-order chi connectivity index (χ0) is 8.49. The van der Waals surface area contributed by atoms with Crippen molar-refractivity contribution in [2.24, 2.45) is 0 Å². The van der Waals surface area contributed by atoms with Crippen LogP contribution in [0.4, 0.5) is 0 Å². The Morgan fingerprint density at radius 3 is 0.867 bits per heavy atom. The molecule has 0 bridgehead atoms. The summed E-state index contributed by atoms with van der Waals surface area (Å²) in [6, 6.07) is 25.0. The van der Waals surface area contributed by atoms with E-state index in [2.05, 4.69) is 12.1 Å². The molecule has 0 aromatic heterocycles. The minimum absolute atomic E-state index is 0. The summed E-state index contributed by atoms with van der Waals surface area (Å²) in [5.41, 5.74) is 0. The number of nitrogens with two attached hydrogens (primary N) is 1. The van der Waals surface area contributed by atoms with Gasteiger partial charge in [0.1, 0.15) is 0 Å². The van der Waals surface area contributed by atoms with Crippen LogP contribution >= 0.6 is 12.4 Å². The minimum Gasteiger partial charge on any atom is -0.693 e. The number of hydrogen-bond acceptors (Lipinski definition) is 0. The molecule has 15 heavy (non-hydrogen) atoms. The first-order valence-corrected chi connectivity index (χ1v) is 3.82. The first-order valence-electron chi connectivity index (χ1n) is 3.82. The zero-order valence-corrected chi connectivity index (χ0v) is 10.4. The molecule has 2 aromatic carbocycles. The van der Waals surface area contributed by atoms with E-state index in [0.717, 1.165) is 0 Å². The predicted molar refractivity (Wildman–Crippen MR) is 63.1 cm³/mol. The fourth-order valence-corrected chi connectivity index (χ4v) is 0.684. The van der Waals surface area contributed by atoms with Crippen LogP contribution in [0, 0.1) is 12.1 Å². The van der Waals surface area contributed by atoms with Gasteiger partial charge in [-0.2, -0.15) is 72.8 Å². The van der Waals surface area contributed by atoms with E-state index >= 15 is 0 Å². The Hall–Kier alpha value is -0.648. The molecule has 2 aromatic rings. The van der Waals surface area contributed by atoms with Crippen LogP contribution < -0.4 is 0 Å². The van der Waals surface area contributed by atoms with E-state index in [1.807, 2.05) is 60.7 Å². The quantitative estimate of drug-likeness (QED) is 0.518. The second-order valence-corrected chi connectivity index (χ2v) is 2.15. The van der Waals surface area contributed by atoms with Gasteiger partial charge < -0.3 is 6.15 Å². The molecule has 0 unspecified atom stereocenters. The molecular formula is C12H13ClNPd-3. The zero-order valence-electron chi connectivity index (χ0n) is 8.08. The van der Waals surface area contributed by atoms with Crippen LogP contribution in [0.1, 0.15) is 0 Å². The molecule has 0 aliphatic rings. The topological polar surface area (TPSA) is 33.5 Å². The van der Waals surface area contributed by atoms with E-state index in [4.69, 9.17) is 0 Å². The Kier molecular flexibility index (Phi) is 20.9. The van der Waals surface area contributed by atoms with Crippen molar-refractivity contribution in [3.63, 3.8) is 0 Å². The van der Waals surface area contributed by atoms with Crippen molar-refractivity contribution < 1.29 is 20.4 Å². The first kappa shape index (κ1) is 19.9. The van der Waals surface area contributed by atoms with Crippen molar-refractivity contribution in [2.75, 3.05) is 0 Å². The predicted octanol–water partition coefficient (Wildman–Crippen LogP) is 4.11. The van der Waals surface area contributed by atoms with Gasteiger partial charge >= 0.3 is 0 Å². The molecular weight excluding hydrogens is 300 g/mol. The van der Waals surface area contributed by atoms with Gasteiger partial charge in [-0.05, 0) is 0 Å². The summed E-state index contributed by atoms with van der Waals surface area (Å²) < 4.78 is 0. The van der Waals surface area contributed by atoms with Gasteiger partial charge in [-0.15, -0.1) is 12.4 Å². The van der Waals surface area contributed by atoms with Crippen molar-refractivity contribution in [3.8, 4) is 0 Å². The third kappa shape index (κ3) is 13.4. The molecule has 0 saturated heterocycles. The van der Waals surface area contributed by atoms with Gasteiger partial charge in [0.25, 0.3) is 0 Å². The molecule has 0 fully saturated rings. The third-order valence-electron chi connectivity index (χ3n) is 1.21. The van der Waals surface area contributed by atoms with Crippen molar-refractivity contribution in [3.05, 3.63) is 78.9 Å². The molecule has 86 valence electrons. The molecule has 1 nitrogen and oxygen atoms in total. The smallest absolute Gasteiger partial charge is 0 e. The molecule has 0 spiro atoms. The average Bonchev–Trinajstić information content (AvgIpc) is 2.24. The van der Waals surface area contributed by atoms with Crippen LogP contribution in [-0.2, 0) is 20.4 Å². The van der Waals surface area contributed by atoms with Crippen LogP contribution in [0.3, 0.4) is 0 Å². The Morgan fingerprint density at radius 2 is 0.800 bits per heavy atom. The molecule has 0 aliphatic heterocycles. The van der Waals surface area contributed by atoms with Crippen molar-refractivity contribution >= 4 is 12.4 Å². The van der Waals surface area contributed by atoms with Crippen molar-refractivity contribution in [1.29, 1.82) is 0 Å². The molecule has 2 rings (SSSR count). The largest absolute Gasteiger partial charge is 0.693 e. The Bertz CT molecular complexity index is 191. The van der Waals surface area contributed by atoms with E-state index in [1.165, 1.54) is 0 Å². The molecule has 2 N–H and O–H groups in total. The molecule has 0 saturated carbocycles. The van der Waals surface area contributed by atoms with Gasteiger partial charge in [-0.25, -0.2) is 0 Å². The van der Waals surface area contributed by atoms with E-state index in [-0.39, 0.29) is 39.0 Å². The fourth-order valence-electron chi connectivity index (χ4n) is 0.684. The van der Waals surface area contributed by atoms with Crippen LogP contribution in [0.25, 0.3) is 6.15 Å². The summed E-state index contributed by atoms with van der Waals surface area (Å²) in [5, 5.41) is 0. The fraction of sp³-hybridized carbons (Fsp3) is 0. The van der Waals surface area contributed by atoms with E-state index in [9.17, 15) is 0 Å². The van der Waals surface area contributed by atoms with Gasteiger partial charge in [-0.1, -0.05) is 0 Å². The Morgan fingerprint density at radius 1 is 0.533 bits per heavy atom. The summed E-state index contributed by atoms with van der Waals surface area (Å²) in [4.78, 5) is 0. The molecule has 0 atom stereocenters. The number of rotatable bonds is 0. The third-order valence-corrected chi connectivity index (χ3v) is 1.21. The number of halogens is 1. The van der Waals surface area contributed by atoms with Gasteiger partial charge in [-0.3, -0.25) is 0 Å². The average molecular weight is 313 g/mol. The van der Waals surface area contributed by atoms with Crippen LogP contribution in [0.15, 0.2) is 60.7 Å².